The third kappa shape index (κ3) is 2.40. The van der Waals surface area contributed by atoms with Crippen molar-refractivity contribution in [1.29, 1.82) is 0 Å². The molecule has 140 valence electrons. The highest BCUT2D eigenvalue weighted by Gasteiger charge is 2.67. The van der Waals surface area contributed by atoms with Gasteiger partial charge in [0, 0.05) is 0 Å². The third-order valence-corrected chi connectivity index (χ3v) is 6.92. The predicted molar refractivity (Wildman–Crippen MR) is 101 cm³/mol. The Kier molecular flexibility index (Phi) is 3.73. The number of aromatic hydroxyl groups is 1. The molecule has 0 radical (unpaired) electrons. The van der Waals surface area contributed by atoms with E-state index in [0.717, 1.165) is 11.4 Å². The van der Waals surface area contributed by atoms with Gasteiger partial charge in [-0.1, -0.05) is 12.2 Å². The molecule has 0 unspecified atom stereocenters. The quantitative estimate of drug-likeness (QED) is 0.452. The summed E-state index contributed by atoms with van der Waals surface area (Å²) < 4.78 is 5.87. The van der Waals surface area contributed by atoms with Gasteiger partial charge in [-0.25, -0.2) is 0 Å². The molecule has 6 nitrogen and oxygen atoms in total. The molecule has 1 aromatic rings. The van der Waals surface area contributed by atoms with Gasteiger partial charge >= 0.3 is 0 Å². The van der Waals surface area contributed by atoms with Gasteiger partial charge in [-0.15, -0.1) is 0 Å². The first-order valence-electron chi connectivity index (χ1n) is 9.26. The molecule has 5 aliphatic rings. The van der Waals surface area contributed by atoms with Crippen molar-refractivity contribution in [2.45, 2.75) is 13.3 Å². The van der Waals surface area contributed by atoms with Gasteiger partial charge in [0.1, 0.15) is 0 Å². The molecule has 3 fully saturated rings. The molecule has 2 bridgehead atoms. The van der Waals surface area contributed by atoms with E-state index in [4.69, 9.17) is 4.74 Å². The van der Waals surface area contributed by atoms with E-state index < -0.39 is 0 Å². The minimum absolute atomic E-state index is 0.00946. The lowest BCUT2D eigenvalue weighted by Gasteiger charge is -2.37. The van der Waals surface area contributed by atoms with Gasteiger partial charge in [0.05, 0.1) is 29.1 Å². The predicted octanol–water partition coefficient (Wildman–Crippen LogP) is 2.94. The molecule has 4 aliphatic carbocycles. The van der Waals surface area contributed by atoms with E-state index in [-0.39, 0.29) is 41.2 Å². The second kappa shape index (κ2) is 5.92. The molecule has 1 N–H and O–H groups in total. The number of benzene rings is 1. The molecule has 6 rings (SSSR count). The number of carbonyl (C=O) groups excluding carboxylic acids is 2. The van der Waals surface area contributed by atoms with Crippen molar-refractivity contribution in [2.75, 3.05) is 6.61 Å². The molecule has 2 saturated carbocycles. The highest BCUT2D eigenvalue weighted by Crippen LogP contribution is 2.65. The van der Waals surface area contributed by atoms with Crippen LogP contribution in [0.3, 0.4) is 0 Å². The SMILES string of the molecule is CCOc1cc(/C=N\N2C(=O)[C@@H]3[C@@H]4C=C[C@H]([C@@H]5C[C@H]45)[C@@H]3C2=O)cc(Br)c1O. The minimum Gasteiger partial charge on any atom is -0.503 e. The fourth-order valence-electron chi connectivity index (χ4n) is 5.11. The molecule has 7 heteroatoms. The third-order valence-electron chi connectivity index (χ3n) is 6.31. The van der Waals surface area contributed by atoms with Crippen molar-refractivity contribution in [3.63, 3.8) is 0 Å². The molecular weight excluding hydrogens is 412 g/mol. The summed E-state index contributed by atoms with van der Waals surface area (Å²) in [4.78, 5) is 25.8. The summed E-state index contributed by atoms with van der Waals surface area (Å²) in [6.45, 7) is 2.23. The first-order valence-corrected chi connectivity index (χ1v) is 10.1. The standard InChI is InChI=1S/C20H19BrN2O4/c1-2-27-15-6-9(5-14(21)18(15)24)8-22-23-19(25)16-10-3-4-11(13-7-12(10)13)17(16)20(23)26/h3-6,8,10-13,16-17,24H,2,7H2,1H3/b22-8-/t10-,11-,12-,13+,16-,17+/m1/s1. The first kappa shape index (κ1) is 17.0. The van der Waals surface area contributed by atoms with Gasteiger partial charge in [-0.3, -0.25) is 9.59 Å². The zero-order valence-electron chi connectivity index (χ0n) is 14.7. The number of amides is 2. The van der Waals surface area contributed by atoms with Crippen LogP contribution in [-0.2, 0) is 9.59 Å². The van der Waals surface area contributed by atoms with Crippen LogP contribution in [0.1, 0.15) is 18.9 Å². The summed E-state index contributed by atoms with van der Waals surface area (Å²) >= 11 is 3.28. The van der Waals surface area contributed by atoms with Crippen LogP contribution in [0, 0.1) is 35.5 Å². The summed E-state index contributed by atoms with van der Waals surface area (Å²) in [5.41, 5.74) is 0.627. The number of phenolic OH excluding ortho intramolecular Hbond substituents is 1. The maximum Gasteiger partial charge on any atom is 0.254 e. The van der Waals surface area contributed by atoms with Crippen LogP contribution >= 0.6 is 15.9 Å². The topological polar surface area (TPSA) is 79.2 Å². The average Bonchev–Trinajstić information content (AvgIpc) is 3.43. The molecule has 1 aliphatic heterocycles. The molecule has 0 aromatic heterocycles. The summed E-state index contributed by atoms with van der Waals surface area (Å²) in [6.07, 6.45) is 6.89. The molecule has 1 aromatic carbocycles. The Morgan fingerprint density at radius 3 is 2.44 bits per heavy atom. The van der Waals surface area contributed by atoms with Gasteiger partial charge in [0.25, 0.3) is 11.8 Å². The number of ether oxygens (including phenoxy) is 1. The number of hydrogen-bond donors (Lipinski definition) is 1. The fraction of sp³-hybridized carbons (Fsp3) is 0.450. The number of hydrazone groups is 1. The van der Waals surface area contributed by atoms with E-state index in [1.165, 1.54) is 6.21 Å². The number of halogens is 1. The van der Waals surface area contributed by atoms with Crippen molar-refractivity contribution in [2.24, 2.45) is 40.6 Å². The average molecular weight is 431 g/mol. The Bertz CT molecular complexity index is 875. The van der Waals surface area contributed by atoms with Gasteiger partial charge in [0.15, 0.2) is 11.5 Å². The Morgan fingerprint density at radius 1 is 1.22 bits per heavy atom. The molecule has 6 atom stereocenters. The zero-order valence-corrected chi connectivity index (χ0v) is 16.3. The van der Waals surface area contributed by atoms with Crippen LogP contribution in [0.4, 0.5) is 0 Å². The van der Waals surface area contributed by atoms with E-state index in [9.17, 15) is 14.7 Å². The molecule has 27 heavy (non-hydrogen) atoms. The summed E-state index contributed by atoms with van der Waals surface area (Å²) in [5, 5.41) is 15.3. The van der Waals surface area contributed by atoms with Gasteiger partial charge in [-0.05, 0) is 70.6 Å². The number of nitrogens with zero attached hydrogens (tertiary/aromatic N) is 2. The Balaban J connectivity index is 1.42. The highest BCUT2D eigenvalue weighted by molar-refractivity contribution is 9.10. The normalized spacial score (nSPS) is 35.7. The van der Waals surface area contributed by atoms with Crippen LogP contribution in [0.5, 0.6) is 11.5 Å². The Hall–Kier alpha value is -2.15. The van der Waals surface area contributed by atoms with Gasteiger partial charge < -0.3 is 9.84 Å². The Morgan fingerprint density at radius 2 is 1.85 bits per heavy atom. The first-order chi connectivity index (χ1) is 13.0. The van der Waals surface area contributed by atoms with Crippen molar-refractivity contribution in [3.8, 4) is 11.5 Å². The zero-order chi connectivity index (χ0) is 18.9. The van der Waals surface area contributed by atoms with E-state index >= 15 is 0 Å². The number of allylic oxidation sites excluding steroid dienone is 2. The number of phenols is 1. The summed E-state index contributed by atoms with van der Waals surface area (Å²) in [5.74, 6) is 0.981. The van der Waals surface area contributed by atoms with Crippen molar-refractivity contribution in [1.82, 2.24) is 5.01 Å². The second-order valence-corrected chi connectivity index (χ2v) is 8.52. The van der Waals surface area contributed by atoms with Crippen LogP contribution in [-0.4, -0.2) is 34.8 Å². The highest BCUT2D eigenvalue weighted by atomic mass is 79.9. The smallest absolute Gasteiger partial charge is 0.254 e. The van der Waals surface area contributed by atoms with E-state index in [2.05, 4.69) is 33.2 Å². The Labute approximate surface area is 165 Å². The van der Waals surface area contributed by atoms with Crippen LogP contribution in [0.25, 0.3) is 0 Å². The van der Waals surface area contributed by atoms with Gasteiger partial charge in [-0.2, -0.15) is 10.1 Å². The summed E-state index contributed by atoms with van der Waals surface area (Å²) in [6, 6.07) is 3.30. The molecule has 1 heterocycles. The lowest BCUT2D eigenvalue weighted by atomic mass is 9.63. The lowest BCUT2D eigenvalue weighted by molar-refractivity contribution is -0.140. The maximum atomic E-state index is 12.9. The van der Waals surface area contributed by atoms with E-state index in [0.29, 0.717) is 34.2 Å². The van der Waals surface area contributed by atoms with Crippen molar-refractivity contribution >= 4 is 34.0 Å². The van der Waals surface area contributed by atoms with Crippen molar-refractivity contribution < 1.29 is 19.4 Å². The maximum absolute atomic E-state index is 12.9. The minimum atomic E-state index is -0.251. The van der Waals surface area contributed by atoms with E-state index in [1.54, 1.807) is 12.1 Å². The number of imide groups is 1. The van der Waals surface area contributed by atoms with Crippen molar-refractivity contribution in [3.05, 3.63) is 34.3 Å². The monoisotopic (exact) mass is 430 g/mol. The number of carbonyl (C=O) groups is 2. The number of hydrogen-bond acceptors (Lipinski definition) is 5. The summed E-state index contributed by atoms with van der Waals surface area (Å²) in [7, 11) is 0. The fourth-order valence-corrected chi connectivity index (χ4v) is 5.57. The van der Waals surface area contributed by atoms with Crippen LogP contribution in [0.15, 0.2) is 33.9 Å². The molecule has 0 spiro atoms. The van der Waals surface area contributed by atoms with Crippen LogP contribution < -0.4 is 4.74 Å². The lowest BCUT2D eigenvalue weighted by Crippen LogP contribution is -2.40. The molecule has 1 saturated heterocycles. The van der Waals surface area contributed by atoms with Gasteiger partial charge in [0.2, 0.25) is 0 Å². The number of rotatable bonds is 4. The molecular formula is C20H19BrN2O4. The van der Waals surface area contributed by atoms with Crippen LogP contribution in [0.2, 0.25) is 0 Å². The second-order valence-electron chi connectivity index (χ2n) is 7.67. The molecule has 2 amide bonds. The van der Waals surface area contributed by atoms with E-state index in [1.807, 2.05) is 6.92 Å². The largest absolute Gasteiger partial charge is 0.503 e.